The number of methoxy groups -OCH3 is 1. The third-order valence-electron chi connectivity index (χ3n) is 4.02. The second-order valence-electron chi connectivity index (χ2n) is 5.54. The SMILES string of the molecule is CCCNC1CCC(c2ccccc2OCCOC)C1. The molecule has 1 aromatic carbocycles. The van der Waals surface area contributed by atoms with E-state index in [0.717, 1.165) is 12.3 Å². The lowest BCUT2D eigenvalue weighted by Gasteiger charge is -2.17. The molecule has 0 bridgehead atoms. The predicted octanol–water partition coefficient (Wildman–Crippen LogP) is 3.35. The first kappa shape index (κ1) is 15.3. The molecule has 112 valence electrons. The van der Waals surface area contributed by atoms with E-state index in [0.29, 0.717) is 25.2 Å². The Kier molecular flexibility index (Phi) is 6.34. The maximum atomic E-state index is 5.86. The maximum Gasteiger partial charge on any atom is 0.122 e. The molecule has 1 fully saturated rings. The predicted molar refractivity (Wildman–Crippen MR) is 82.5 cm³/mol. The van der Waals surface area contributed by atoms with E-state index >= 15 is 0 Å². The van der Waals surface area contributed by atoms with Crippen molar-refractivity contribution < 1.29 is 9.47 Å². The van der Waals surface area contributed by atoms with Gasteiger partial charge in [0.1, 0.15) is 12.4 Å². The van der Waals surface area contributed by atoms with Gasteiger partial charge in [0.15, 0.2) is 0 Å². The topological polar surface area (TPSA) is 30.5 Å². The van der Waals surface area contributed by atoms with Crippen molar-refractivity contribution in [3.8, 4) is 5.75 Å². The highest BCUT2D eigenvalue weighted by molar-refractivity contribution is 5.37. The molecular weight excluding hydrogens is 250 g/mol. The van der Waals surface area contributed by atoms with Gasteiger partial charge in [-0.3, -0.25) is 0 Å². The molecule has 0 amide bonds. The van der Waals surface area contributed by atoms with Gasteiger partial charge in [0.2, 0.25) is 0 Å². The first-order valence-corrected chi connectivity index (χ1v) is 7.79. The Balaban J connectivity index is 1.94. The van der Waals surface area contributed by atoms with Gasteiger partial charge in [0.05, 0.1) is 6.61 Å². The Hall–Kier alpha value is -1.06. The Morgan fingerprint density at radius 2 is 2.05 bits per heavy atom. The lowest BCUT2D eigenvalue weighted by molar-refractivity contribution is 0.145. The first-order chi connectivity index (χ1) is 9.85. The molecule has 1 N–H and O–H groups in total. The van der Waals surface area contributed by atoms with E-state index in [1.54, 1.807) is 7.11 Å². The normalized spacial score (nSPS) is 22.1. The Morgan fingerprint density at radius 1 is 1.20 bits per heavy atom. The molecule has 2 unspecified atom stereocenters. The van der Waals surface area contributed by atoms with E-state index in [2.05, 4.69) is 30.4 Å². The number of nitrogens with one attached hydrogen (secondary N) is 1. The lowest BCUT2D eigenvalue weighted by Crippen LogP contribution is -2.26. The lowest BCUT2D eigenvalue weighted by atomic mass is 9.96. The van der Waals surface area contributed by atoms with Gasteiger partial charge in [-0.25, -0.2) is 0 Å². The van der Waals surface area contributed by atoms with Crippen LogP contribution in [0.3, 0.4) is 0 Å². The largest absolute Gasteiger partial charge is 0.491 e. The quantitative estimate of drug-likeness (QED) is 0.739. The summed E-state index contributed by atoms with van der Waals surface area (Å²) in [6.07, 6.45) is 4.96. The summed E-state index contributed by atoms with van der Waals surface area (Å²) in [6, 6.07) is 9.14. The summed E-state index contributed by atoms with van der Waals surface area (Å²) in [5.41, 5.74) is 1.37. The van der Waals surface area contributed by atoms with Crippen molar-refractivity contribution >= 4 is 0 Å². The number of hydrogen-bond acceptors (Lipinski definition) is 3. The number of para-hydroxylation sites is 1. The van der Waals surface area contributed by atoms with Crippen LogP contribution in [-0.2, 0) is 4.74 Å². The van der Waals surface area contributed by atoms with Gasteiger partial charge >= 0.3 is 0 Å². The molecule has 3 heteroatoms. The third-order valence-corrected chi connectivity index (χ3v) is 4.02. The Bertz CT molecular complexity index is 394. The van der Waals surface area contributed by atoms with Crippen molar-refractivity contribution in [2.75, 3.05) is 26.9 Å². The van der Waals surface area contributed by atoms with Crippen LogP contribution in [0.15, 0.2) is 24.3 Å². The van der Waals surface area contributed by atoms with Crippen molar-refractivity contribution in [2.45, 2.75) is 44.6 Å². The van der Waals surface area contributed by atoms with Crippen LogP contribution in [0.1, 0.15) is 44.1 Å². The minimum atomic E-state index is 0.623. The minimum Gasteiger partial charge on any atom is -0.491 e. The van der Waals surface area contributed by atoms with Crippen LogP contribution in [0, 0.1) is 0 Å². The number of benzene rings is 1. The third kappa shape index (κ3) is 4.22. The number of ether oxygens (including phenoxy) is 2. The van der Waals surface area contributed by atoms with Gasteiger partial charge in [-0.2, -0.15) is 0 Å². The minimum absolute atomic E-state index is 0.623. The fourth-order valence-corrected chi connectivity index (χ4v) is 2.98. The van der Waals surface area contributed by atoms with Gasteiger partial charge in [0, 0.05) is 13.2 Å². The van der Waals surface area contributed by atoms with E-state index in [-0.39, 0.29) is 0 Å². The summed E-state index contributed by atoms with van der Waals surface area (Å²) in [5, 5.41) is 3.64. The van der Waals surface area contributed by atoms with E-state index in [4.69, 9.17) is 9.47 Å². The molecule has 1 aliphatic carbocycles. The van der Waals surface area contributed by atoms with Crippen LogP contribution >= 0.6 is 0 Å². The molecule has 0 heterocycles. The zero-order valence-electron chi connectivity index (χ0n) is 12.7. The second-order valence-corrected chi connectivity index (χ2v) is 5.54. The Labute approximate surface area is 122 Å². The summed E-state index contributed by atoms with van der Waals surface area (Å²) < 4.78 is 10.9. The Morgan fingerprint density at radius 3 is 2.85 bits per heavy atom. The summed E-state index contributed by atoms with van der Waals surface area (Å²) in [4.78, 5) is 0. The highest BCUT2D eigenvalue weighted by atomic mass is 16.5. The standard InChI is InChI=1S/C17H27NO2/c1-3-10-18-15-9-8-14(13-15)16-6-4-5-7-17(16)20-12-11-19-2/h4-7,14-15,18H,3,8-13H2,1-2H3. The van der Waals surface area contributed by atoms with Crippen LogP contribution in [0.4, 0.5) is 0 Å². The van der Waals surface area contributed by atoms with Crippen molar-refractivity contribution in [1.29, 1.82) is 0 Å². The van der Waals surface area contributed by atoms with Crippen LogP contribution in [0.2, 0.25) is 0 Å². The van der Waals surface area contributed by atoms with E-state index in [9.17, 15) is 0 Å². The first-order valence-electron chi connectivity index (χ1n) is 7.79. The number of hydrogen-bond donors (Lipinski definition) is 1. The molecule has 20 heavy (non-hydrogen) atoms. The van der Waals surface area contributed by atoms with Crippen molar-refractivity contribution in [2.24, 2.45) is 0 Å². The second kappa shape index (κ2) is 8.28. The summed E-state index contributed by atoms with van der Waals surface area (Å²) >= 11 is 0. The molecule has 3 nitrogen and oxygen atoms in total. The average molecular weight is 277 g/mol. The fraction of sp³-hybridized carbons (Fsp3) is 0.647. The zero-order chi connectivity index (χ0) is 14.2. The van der Waals surface area contributed by atoms with E-state index in [1.165, 1.54) is 31.2 Å². The van der Waals surface area contributed by atoms with Gasteiger partial charge in [-0.05, 0) is 49.8 Å². The molecule has 1 aliphatic rings. The van der Waals surface area contributed by atoms with Gasteiger partial charge < -0.3 is 14.8 Å². The smallest absolute Gasteiger partial charge is 0.122 e. The summed E-state index contributed by atoms with van der Waals surface area (Å²) in [7, 11) is 1.70. The van der Waals surface area contributed by atoms with Crippen LogP contribution in [0.5, 0.6) is 5.75 Å². The molecule has 0 aliphatic heterocycles. The fourth-order valence-electron chi connectivity index (χ4n) is 2.98. The van der Waals surface area contributed by atoms with Crippen molar-refractivity contribution in [3.05, 3.63) is 29.8 Å². The van der Waals surface area contributed by atoms with Crippen LogP contribution in [0.25, 0.3) is 0 Å². The molecule has 2 rings (SSSR count). The molecule has 1 saturated carbocycles. The van der Waals surface area contributed by atoms with E-state index in [1.807, 2.05) is 6.07 Å². The highest BCUT2D eigenvalue weighted by Gasteiger charge is 2.27. The van der Waals surface area contributed by atoms with Crippen LogP contribution in [-0.4, -0.2) is 32.9 Å². The van der Waals surface area contributed by atoms with Gasteiger partial charge in [0.25, 0.3) is 0 Å². The van der Waals surface area contributed by atoms with Crippen LogP contribution < -0.4 is 10.1 Å². The molecule has 0 saturated heterocycles. The molecular formula is C17H27NO2. The molecule has 0 spiro atoms. The zero-order valence-corrected chi connectivity index (χ0v) is 12.7. The number of rotatable bonds is 8. The van der Waals surface area contributed by atoms with Crippen molar-refractivity contribution in [3.63, 3.8) is 0 Å². The average Bonchev–Trinajstić information content (AvgIpc) is 2.94. The molecule has 2 atom stereocenters. The van der Waals surface area contributed by atoms with Crippen molar-refractivity contribution in [1.82, 2.24) is 5.32 Å². The molecule has 1 aromatic rings. The summed E-state index contributed by atoms with van der Waals surface area (Å²) in [6.45, 7) is 4.61. The molecule has 0 radical (unpaired) electrons. The highest BCUT2D eigenvalue weighted by Crippen LogP contribution is 2.38. The monoisotopic (exact) mass is 277 g/mol. The van der Waals surface area contributed by atoms with Gasteiger partial charge in [-0.1, -0.05) is 25.1 Å². The maximum absolute atomic E-state index is 5.86. The van der Waals surface area contributed by atoms with E-state index < -0.39 is 0 Å². The molecule has 0 aromatic heterocycles. The van der Waals surface area contributed by atoms with Gasteiger partial charge in [-0.15, -0.1) is 0 Å². The summed E-state index contributed by atoms with van der Waals surface area (Å²) in [5.74, 6) is 1.66.